The molecular weight excluding hydrogens is 268 g/mol. The van der Waals surface area contributed by atoms with Crippen LogP contribution in [0.15, 0.2) is 24.3 Å². The highest BCUT2D eigenvalue weighted by molar-refractivity contribution is 7.18. The van der Waals surface area contributed by atoms with Crippen molar-refractivity contribution < 1.29 is 4.74 Å². The van der Waals surface area contributed by atoms with E-state index >= 15 is 0 Å². The molecule has 0 aliphatic carbocycles. The number of aromatic nitrogens is 1. The predicted octanol–water partition coefficient (Wildman–Crippen LogP) is 3.24. The van der Waals surface area contributed by atoms with Gasteiger partial charge in [0.25, 0.3) is 0 Å². The van der Waals surface area contributed by atoms with Gasteiger partial charge in [-0.15, -0.1) is 11.3 Å². The van der Waals surface area contributed by atoms with Crippen LogP contribution in [-0.4, -0.2) is 30.8 Å². The van der Waals surface area contributed by atoms with E-state index < -0.39 is 0 Å². The van der Waals surface area contributed by atoms with Gasteiger partial charge in [0.1, 0.15) is 0 Å². The average Bonchev–Trinajstić information content (AvgIpc) is 2.90. The van der Waals surface area contributed by atoms with E-state index in [0.717, 1.165) is 37.6 Å². The number of para-hydroxylation sites is 1. The zero-order chi connectivity index (χ0) is 13.8. The van der Waals surface area contributed by atoms with Gasteiger partial charge in [0, 0.05) is 25.7 Å². The summed E-state index contributed by atoms with van der Waals surface area (Å²) in [5.74, 6) is 0.718. The molecule has 1 atom stereocenters. The molecule has 1 saturated heterocycles. The van der Waals surface area contributed by atoms with Crippen molar-refractivity contribution in [3.63, 3.8) is 0 Å². The lowest BCUT2D eigenvalue weighted by molar-refractivity contribution is 0.0540. The lowest BCUT2D eigenvalue weighted by atomic mass is 9.90. The summed E-state index contributed by atoms with van der Waals surface area (Å²) in [6.07, 6.45) is 3.38. The van der Waals surface area contributed by atoms with E-state index in [2.05, 4.69) is 36.5 Å². The summed E-state index contributed by atoms with van der Waals surface area (Å²) >= 11 is 1.83. The monoisotopic (exact) mass is 290 g/mol. The zero-order valence-electron chi connectivity index (χ0n) is 12.0. The van der Waals surface area contributed by atoms with Crippen molar-refractivity contribution in [1.82, 2.24) is 10.3 Å². The Kier molecular flexibility index (Phi) is 4.65. The summed E-state index contributed by atoms with van der Waals surface area (Å²) in [6.45, 7) is 5.02. The second-order valence-corrected chi connectivity index (χ2v) is 6.51. The first-order chi connectivity index (χ1) is 9.86. The minimum Gasteiger partial charge on any atom is -0.381 e. The summed E-state index contributed by atoms with van der Waals surface area (Å²) in [5, 5.41) is 4.91. The highest BCUT2D eigenvalue weighted by atomic mass is 32.1. The van der Waals surface area contributed by atoms with E-state index in [1.54, 1.807) is 0 Å². The third-order valence-electron chi connectivity index (χ3n) is 4.03. The first kappa shape index (κ1) is 14.0. The normalized spacial score (nSPS) is 18.4. The second-order valence-electron chi connectivity index (χ2n) is 5.39. The number of fused-ring (bicyclic) bond motifs is 1. The maximum Gasteiger partial charge on any atom is 0.0954 e. The van der Waals surface area contributed by atoms with Gasteiger partial charge in [0.05, 0.1) is 15.2 Å². The highest BCUT2D eigenvalue weighted by Crippen LogP contribution is 2.26. The number of benzene rings is 1. The van der Waals surface area contributed by atoms with Crippen LogP contribution in [0.1, 0.15) is 24.8 Å². The molecule has 3 rings (SSSR count). The van der Waals surface area contributed by atoms with Crippen molar-refractivity contribution in [3.8, 4) is 0 Å². The number of rotatable bonds is 5. The van der Waals surface area contributed by atoms with Gasteiger partial charge in [-0.05, 0) is 37.4 Å². The lowest BCUT2D eigenvalue weighted by Gasteiger charge is -2.30. The molecule has 0 amide bonds. The lowest BCUT2D eigenvalue weighted by Crippen LogP contribution is -2.40. The SMILES string of the molecule is CCNC(Cc1nc2ccccc2s1)C1CCOCC1. The van der Waals surface area contributed by atoms with Gasteiger partial charge in [0.2, 0.25) is 0 Å². The van der Waals surface area contributed by atoms with Gasteiger partial charge in [-0.2, -0.15) is 0 Å². The van der Waals surface area contributed by atoms with Crippen LogP contribution < -0.4 is 5.32 Å². The Balaban J connectivity index is 1.74. The fourth-order valence-corrected chi connectivity index (χ4v) is 4.01. The van der Waals surface area contributed by atoms with Gasteiger partial charge in [-0.3, -0.25) is 0 Å². The number of nitrogens with one attached hydrogen (secondary N) is 1. The van der Waals surface area contributed by atoms with Crippen LogP contribution in [0.3, 0.4) is 0 Å². The molecule has 0 bridgehead atoms. The van der Waals surface area contributed by atoms with Gasteiger partial charge < -0.3 is 10.1 Å². The van der Waals surface area contributed by atoms with Crippen LogP contribution >= 0.6 is 11.3 Å². The van der Waals surface area contributed by atoms with E-state index in [1.807, 2.05) is 11.3 Å². The summed E-state index contributed by atoms with van der Waals surface area (Å²) in [7, 11) is 0. The average molecular weight is 290 g/mol. The summed E-state index contributed by atoms with van der Waals surface area (Å²) in [5.41, 5.74) is 1.13. The molecule has 1 aromatic carbocycles. The van der Waals surface area contributed by atoms with Gasteiger partial charge >= 0.3 is 0 Å². The third-order valence-corrected chi connectivity index (χ3v) is 5.09. The number of hydrogen-bond acceptors (Lipinski definition) is 4. The molecule has 0 radical (unpaired) electrons. The van der Waals surface area contributed by atoms with Crippen LogP contribution in [-0.2, 0) is 11.2 Å². The molecule has 108 valence electrons. The van der Waals surface area contributed by atoms with E-state index in [0.29, 0.717) is 6.04 Å². The Morgan fingerprint density at radius 1 is 1.35 bits per heavy atom. The molecule has 2 heterocycles. The molecule has 1 unspecified atom stereocenters. The molecule has 1 aliphatic heterocycles. The highest BCUT2D eigenvalue weighted by Gasteiger charge is 2.24. The number of nitrogens with zero attached hydrogens (tertiary/aromatic N) is 1. The van der Waals surface area contributed by atoms with Crippen LogP contribution in [0.4, 0.5) is 0 Å². The number of ether oxygens (including phenoxy) is 1. The minimum absolute atomic E-state index is 0.532. The van der Waals surface area contributed by atoms with E-state index in [-0.39, 0.29) is 0 Å². The molecule has 20 heavy (non-hydrogen) atoms. The standard InChI is InChI=1S/C16H22N2OS/c1-2-17-14(12-7-9-19-10-8-12)11-16-18-13-5-3-4-6-15(13)20-16/h3-6,12,14,17H,2,7-11H2,1H3. The molecular formula is C16H22N2OS. The Bertz CT molecular complexity index is 515. The van der Waals surface area contributed by atoms with Gasteiger partial charge in [0.15, 0.2) is 0 Å². The quantitative estimate of drug-likeness (QED) is 0.918. The predicted molar refractivity (Wildman–Crippen MR) is 84.3 cm³/mol. The van der Waals surface area contributed by atoms with Crippen molar-refractivity contribution in [2.45, 2.75) is 32.2 Å². The van der Waals surface area contributed by atoms with E-state index in [9.17, 15) is 0 Å². The Labute approximate surface area is 124 Å². The fraction of sp³-hybridized carbons (Fsp3) is 0.562. The first-order valence-electron chi connectivity index (χ1n) is 7.52. The maximum absolute atomic E-state index is 5.49. The largest absolute Gasteiger partial charge is 0.381 e. The Morgan fingerprint density at radius 3 is 2.90 bits per heavy atom. The Morgan fingerprint density at radius 2 is 2.15 bits per heavy atom. The molecule has 4 heteroatoms. The van der Waals surface area contributed by atoms with Gasteiger partial charge in [-0.25, -0.2) is 4.98 Å². The zero-order valence-corrected chi connectivity index (χ0v) is 12.8. The van der Waals surface area contributed by atoms with Crippen molar-refractivity contribution in [2.75, 3.05) is 19.8 Å². The van der Waals surface area contributed by atoms with Crippen LogP contribution in [0.2, 0.25) is 0 Å². The first-order valence-corrected chi connectivity index (χ1v) is 8.34. The van der Waals surface area contributed by atoms with E-state index in [1.165, 1.54) is 22.5 Å². The Hall–Kier alpha value is -0.970. The second kappa shape index (κ2) is 6.66. The minimum atomic E-state index is 0.532. The van der Waals surface area contributed by atoms with E-state index in [4.69, 9.17) is 9.72 Å². The van der Waals surface area contributed by atoms with Gasteiger partial charge in [-0.1, -0.05) is 19.1 Å². The van der Waals surface area contributed by atoms with Crippen LogP contribution in [0, 0.1) is 5.92 Å². The molecule has 1 fully saturated rings. The number of thiazole rings is 1. The van der Waals surface area contributed by atoms with Crippen LogP contribution in [0.5, 0.6) is 0 Å². The van der Waals surface area contributed by atoms with Crippen molar-refractivity contribution in [3.05, 3.63) is 29.3 Å². The summed E-state index contributed by atoms with van der Waals surface area (Å²) in [4.78, 5) is 4.78. The number of hydrogen-bond donors (Lipinski definition) is 1. The molecule has 2 aromatic rings. The van der Waals surface area contributed by atoms with Crippen LogP contribution in [0.25, 0.3) is 10.2 Å². The molecule has 1 aliphatic rings. The molecule has 3 nitrogen and oxygen atoms in total. The topological polar surface area (TPSA) is 34.2 Å². The number of likely N-dealkylation sites (N-methyl/N-ethyl adjacent to an activating group) is 1. The smallest absolute Gasteiger partial charge is 0.0954 e. The fourth-order valence-electron chi connectivity index (χ4n) is 2.98. The van der Waals surface area contributed by atoms with Crippen molar-refractivity contribution >= 4 is 21.6 Å². The third kappa shape index (κ3) is 3.19. The van der Waals surface area contributed by atoms with Crippen molar-refractivity contribution in [1.29, 1.82) is 0 Å². The molecule has 0 saturated carbocycles. The summed E-state index contributed by atoms with van der Waals surface area (Å²) < 4.78 is 6.78. The van der Waals surface area contributed by atoms with Crippen molar-refractivity contribution in [2.24, 2.45) is 5.92 Å². The molecule has 0 spiro atoms. The molecule has 1 N–H and O–H groups in total. The summed E-state index contributed by atoms with van der Waals surface area (Å²) in [6, 6.07) is 8.94. The molecule has 1 aromatic heterocycles. The maximum atomic E-state index is 5.49.